The van der Waals surface area contributed by atoms with Gasteiger partial charge in [-0.05, 0) is 48.7 Å². The normalized spacial score (nSPS) is 12.9. The summed E-state index contributed by atoms with van der Waals surface area (Å²) in [5, 5.41) is 3.54. The minimum atomic E-state index is 0.0207. The first kappa shape index (κ1) is 19.4. The standard InChI is InChI=1S/C25H25B2NOS/c1-14-12-19-21(30-14)9-8-17-16-6-5-7-18(22(16)29-23(17)19)20-13-15(10-11-28-20)25(26,27)24(2,3)4/h5-13H,26-27H2,1-4H3. The van der Waals surface area contributed by atoms with Gasteiger partial charge in [-0.3, -0.25) is 4.98 Å². The third kappa shape index (κ3) is 2.83. The Balaban J connectivity index is 1.76. The van der Waals surface area contributed by atoms with Crippen molar-refractivity contribution in [3.05, 3.63) is 65.2 Å². The lowest BCUT2D eigenvalue weighted by molar-refractivity contribution is 0.358. The quantitative estimate of drug-likeness (QED) is 0.353. The SMILES string of the molecule is BC(B)(c1ccnc(-c2cccc3c2oc2c4cc(C)sc4ccc32)c1)C(C)(C)C. The molecule has 2 nitrogen and oxygen atoms in total. The van der Waals surface area contributed by atoms with Gasteiger partial charge in [0.1, 0.15) is 26.9 Å². The number of hydrogen-bond acceptors (Lipinski definition) is 3. The van der Waals surface area contributed by atoms with Crippen LogP contribution in [0.3, 0.4) is 0 Å². The van der Waals surface area contributed by atoms with Crippen LogP contribution in [-0.4, -0.2) is 20.7 Å². The monoisotopic (exact) mass is 409 g/mol. The number of rotatable bonds is 2. The number of furan rings is 1. The molecule has 0 spiro atoms. The summed E-state index contributed by atoms with van der Waals surface area (Å²) in [7, 11) is 4.62. The zero-order chi connectivity index (χ0) is 21.3. The van der Waals surface area contributed by atoms with Crippen molar-refractivity contribution in [2.24, 2.45) is 5.41 Å². The molecule has 30 heavy (non-hydrogen) atoms. The first-order chi connectivity index (χ1) is 14.2. The number of para-hydroxylation sites is 1. The third-order valence-corrected chi connectivity index (χ3v) is 7.93. The lowest BCUT2D eigenvalue weighted by atomic mass is 9.41. The molecule has 0 amide bonds. The third-order valence-electron chi connectivity index (χ3n) is 6.92. The molecule has 0 bridgehead atoms. The topological polar surface area (TPSA) is 26.0 Å². The summed E-state index contributed by atoms with van der Waals surface area (Å²) in [5.41, 5.74) is 5.35. The van der Waals surface area contributed by atoms with E-state index in [0.717, 1.165) is 27.8 Å². The summed E-state index contributed by atoms with van der Waals surface area (Å²) >= 11 is 1.81. The van der Waals surface area contributed by atoms with E-state index in [9.17, 15) is 0 Å². The molecule has 3 aromatic heterocycles. The molecule has 5 rings (SSSR count). The molecule has 0 aliphatic carbocycles. The van der Waals surface area contributed by atoms with Gasteiger partial charge in [-0.15, -0.1) is 11.3 Å². The first-order valence-electron chi connectivity index (χ1n) is 10.5. The molecule has 0 aliphatic rings. The summed E-state index contributed by atoms with van der Waals surface area (Å²) in [6.45, 7) is 9.03. The molecular formula is C25H25B2NOS. The van der Waals surface area contributed by atoms with E-state index in [2.05, 4.69) is 91.9 Å². The molecule has 0 saturated heterocycles. The van der Waals surface area contributed by atoms with Gasteiger partial charge in [0.15, 0.2) is 0 Å². The lowest BCUT2D eigenvalue weighted by Gasteiger charge is -2.40. The summed E-state index contributed by atoms with van der Waals surface area (Å²) in [5.74, 6) is 0. The smallest absolute Gasteiger partial charge is 0.144 e. The fraction of sp³-hybridized carbons (Fsp3) is 0.240. The maximum Gasteiger partial charge on any atom is 0.144 e. The van der Waals surface area contributed by atoms with Crippen LogP contribution in [0.25, 0.3) is 43.3 Å². The Hall–Kier alpha value is -2.52. The van der Waals surface area contributed by atoms with Crippen molar-refractivity contribution in [1.82, 2.24) is 4.98 Å². The van der Waals surface area contributed by atoms with Gasteiger partial charge in [0.05, 0.1) is 5.69 Å². The molecular weight excluding hydrogens is 384 g/mol. The highest BCUT2D eigenvalue weighted by Crippen LogP contribution is 2.41. The number of benzene rings is 2. The van der Waals surface area contributed by atoms with Gasteiger partial charge in [0.2, 0.25) is 0 Å². The molecule has 2 aromatic carbocycles. The number of aromatic nitrogens is 1. The average molecular weight is 409 g/mol. The van der Waals surface area contributed by atoms with E-state index in [1.54, 1.807) is 0 Å². The van der Waals surface area contributed by atoms with E-state index in [1.807, 2.05) is 17.5 Å². The molecule has 3 heterocycles. The highest BCUT2D eigenvalue weighted by molar-refractivity contribution is 7.19. The Labute approximate surface area is 183 Å². The maximum absolute atomic E-state index is 6.52. The predicted octanol–water partition coefficient (Wildman–Crippen LogP) is 5.64. The zero-order valence-corrected chi connectivity index (χ0v) is 19.3. The second-order valence-electron chi connectivity index (χ2n) is 9.80. The predicted molar refractivity (Wildman–Crippen MR) is 135 cm³/mol. The number of nitrogens with zero attached hydrogens (tertiary/aromatic N) is 1. The number of hydrogen-bond donors (Lipinski definition) is 0. The molecule has 0 unspecified atom stereocenters. The van der Waals surface area contributed by atoms with Crippen molar-refractivity contribution >= 4 is 59.1 Å². The van der Waals surface area contributed by atoms with Crippen molar-refractivity contribution < 1.29 is 4.42 Å². The number of pyridine rings is 1. The van der Waals surface area contributed by atoms with Crippen LogP contribution in [0.4, 0.5) is 0 Å². The lowest BCUT2D eigenvalue weighted by Crippen LogP contribution is -2.41. The number of thiophene rings is 1. The van der Waals surface area contributed by atoms with Gasteiger partial charge in [0, 0.05) is 37.5 Å². The fourth-order valence-electron chi connectivity index (χ4n) is 4.10. The van der Waals surface area contributed by atoms with Gasteiger partial charge >= 0.3 is 0 Å². The molecule has 5 heteroatoms. The van der Waals surface area contributed by atoms with E-state index in [0.29, 0.717) is 0 Å². The Morgan fingerprint density at radius 1 is 0.900 bits per heavy atom. The van der Waals surface area contributed by atoms with E-state index >= 15 is 0 Å². The van der Waals surface area contributed by atoms with Crippen molar-refractivity contribution in [3.63, 3.8) is 0 Å². The van der Waals surface area contributed by atoms with Crippen LogP contribution in [0, 0.1) is 12.3 Å². The Morgan fingerprint density at radius 3 is 2.43 bits per heavy atom. The summed E-state index contributed by atoms with van der Waals surface area (Å²) < 4.78 is 7.80. The molecule has 5 aromatic rings. The van der Waals surface area contributed by atoms with Gasteiger partial charge in [-0.1, -0.05) is 43.7 Å². The Bertz CT molecular complexity index is 1420. The van der Waals surface area contributed by atoms with Gasteiger partial charge in [0.25, 0.3) is 0 Å². The van der Waals surface area contributed by atoms with E-state index in [1.165, 1.54) is 25.9 Å². The molecule has 0 saturated carbocycles. The Morgan fingerprint density at radius 2 is 1.67 bits per heavy atom. The van der Waals surface area contributed by atoms with Crippen LogP contribution >= 0.6 is 11.3 Å². The summed E-state index contributed by atoms with van der Waals surface area (Å²) in [6.07, 6.45) is 1.93. The molecule has 0 atom stereocenters. The molecule has 0 radical (unpaired) electrons. The molecule has 0 fully saturated rings. The first-order valence-corrected chi connectivity index (χ1v) is 11.3. The molecule has 148 valence electrons. The van der Waals surface area contributed by atoms with Crippen LogP contribution in [0.1, 0.15) is 31.2 Å². The molecule has 0 aliphatic heterocycles. The van der Waals surface area contributed by atoms with Crippen LogP contribution in [0.15, 0.2) is 59.1 Å². The van der Waals surface area contributed by atoms with Crippen molar-refractivity contribution in [1.29, 1.82) is 0 Å². The maximum atomic E-state index is 6.52. The van der Waals surface area contributed by atoms with Crippen LogP contribution < -0.4 is 0 Å². The largest absolute Gasteiger partial charge is 0.455 e. The van der Waals surface area contributed by atoms with Crippen molar-refractivity contribution in [3.8, 4) is 11.3 Å². The second kappa shape index (κ2) is 6.49. The molecule has 0 N–H and O–H groups in total. The summed E-state index contributed by atoms with van der Waals surface area (Å²) in [4.78, 5) is 6.04. The van der Waals surface area contributed by atoms with Gasteiger partial charge < -0.3 is 4.42 Å². The van der Waals surface area contributed by atoms with E-state index < -0.39 is 0 Å². The van der Waals surface area contributed by atoms with Gasteiger partial charge in [-0.25, -0.2) is 0 Å². The fourth-order valence-corrected chi connectivity index (χ4v) is 5.02. The van der Waals surface area contributed by atoms with Crippen LogP contribution in [0.5, 0.6) is 0 Å². The van der Waals surface area contributed by atoms with E-state index in [4.69, 9.17) is 9.40 Å². The second-order valence-corrected chi connectivity index (χ2v) is 11.1. The Kier molecular flexibility index (Phi) is 4.20. The van der Waals surface area contributed by atoms with Crippen molar-refractivity contribution in [2.75, 3.05) is 0 Å². The highest BCUT2D eigenvalue weighted by Gasteiger charge is 2.34. The minimum Gasteiger partial charge on any atom is -0.455 e. The van der Waals surface area contributed by atoms with Crippen LogP contribution in [0.2, 0.25) is 0 Å². The van der Waals surface area contributed by atoms with Crippen LogP contribution in [-0.2, 0) is 5.21 Å². The average Bonchev–Trinajstić information content (AvgIpc) is 3.26. The van der Waals surface area contributed by atoms with Crippen molar-refractivity contribution in [2.45, 2.75) is 32.9 Å². The zero-order valence-electron chi connectivity index (χ0n) is 18.5. The number of fused-ring (bicyclic) bond motifs is 5. The minimum absolute atomic E-state index is 0.0207. The van der Waals surface area contributed by atoms with Gasteiger partial charge in [-0.2, -0.15) is 0 Å². The van der Waals surface area contributed by atoms with E-state index in [-0.39, 0.29) is 10.6 Å². The summed E-state index contributed by atoms with van der Waals surface area (Å²) in [6, 6.07) is 17.4. The number of aryl methyl sites for hydroxylation is 1. The highest BCUT2D eigenvalue weighted by atomic mass is 32.1.